The Morgan fingerprint density at radius 3 is 2.69 bits per heavy atom. The van der Waals surface area contributed by atoms with Gasteiger partial charge in [-0.3, -0.25) is 4.79 Å². The standard InChI is InChI=1S/C17H15ClN4O3S/c1-10-6-11(2)20-17(19-10)26-9-15(23)24-8-14-21-16(22-25-14)12-4-3-5-13(18)7-12/h3-7H,8-9H2,1-2H3. The number of carbonyl (C=O) groups excluding carboxylic acids is 1. The van der Waals surface area contributed by atoms with Crippen molar-refractivity contribution in [1.82, 2.24) is 20.1 Å². The molecule has 0 spiro atoms. The largest absolute Gasteiger partial charge is 0.455 e. The molecule has 134 valence electrons. The molecule has 0 radical (unpaired) electrons. The number of benzene rings is 1. The second kappa shape index (κ2) is 8.29. The van der Waals surface area contributed by atoms with E-state index in [1.54, 1.807) is 18.2 Å². The minimum atomic E-state index is -0.416. The van der Waals surface area contributed by atoms with Crippen LogP contribution in [0.1, 0.15) is 17.3 Å². The summed E-state index contributed by atoms with van der Waals surface area (Å²) in [6.45, 7) is 3.66. The van der Waals surface area contributed by atoms with Crippen LogP contribution in [0.5, 0.6) is 0 Å². The van der Waals surface area contributed by atoms with Crippen molar-refractivity contribution in [3.8, 4) is 11.4 Å². The van der Waals surface area contributed by atoms with Gasteiger partial charge in [-0.25, -0.2) is 9.97 Å². The monoisotopic (exact) mass is 390 g/mol. The topological polar surface area (TPSA) is 91.0 Å². The van der Waals surface area contributed by atoms with E-state index in [0.29, 0.717) is 16.0 Å². The molecule has 3 aromatic rings. The Bertz CT molecular complexity index is 912. The Morgan fingerprint density at radius 2 is 1.96 bits per heavy atom. The molecule has 0 bridgehead atoms. The highest BCUT2D eigenvalue weighted by atomic mass is 35.5. The number of hydrogen-bond donors (Lipinski definition) is 0. The minimum Gasteiger partial charge on any atom is -0.455 e. The van der Waals surface area contributed by atoms with Gasteiger partial charge >= 0.3 is 5.97 Å². The molecule has 0 aliphatic rings. The third-order valence-corrected chi connectivity index (χ3v) is 4.24. The number of carbonyl (C=O) groups is 1. The summed E-state index contributed by atoms with van der Waals surface area (Å²) in [5.41, 5.74) is 2.43. The number of thioether (sulfide) groups is 1. The van der Waals surface area contributed by atoms with Crippen LogP contribution in [-0.4, -0.2) is 31.8 Å². The van der Waals surface area contributed by atoms with Crippen LogP contribution in [0.3, 0.4) is 0 Å². The molecule has 0 saturated heterocycles. The molecule has 0 aliphatic heterocycles. The lowest BCUT2D eigenvalue weighted by Crippen LogP contribution is -2.08. The van der Waals surface area contributed by atoms with Gasteiger partial charge in [-0.1, -0.05) is 40.7 Å². The lowest BCUT2D eigenvalue weighted by atomic mass is 10.2. The van der Waals surface area contributed by atoms with Crippen LogP contribution in [0.25, 0.3) is 11.4 Å². The Labute approximate surface area is 159 Å². The molecule has 2 aromatic heterocycles. The molecule has 0 N–H and O–H groups in total. The summed E-state index contributed by atoms with van der Waals surface area (Å²) in [7, 11) is 0. The highest BCUT2D eigenvalue weighted by Gasteiger charge is 2.12. The molecule has 0 aliphatic carbocycles. The molecule has 3 rings (SSSR count). The number of ether oxygens (including phenoxy) is 1. The molecular weight excluding hydrogens is 376 g/mol. The van der Waals surface area contributed by atoms with Crippen molar-refractivity contribution in [2.45, 2.75) is 25.6 Å². The van der Waals surface area contributed by atoms with Crippen LogP contribution >= 0.6 is 23.4 Å². The molecule has 0 fully saturated rings. The molecular formula is C17H15ClN4O3S. The van der Waals surface area contributed by atoms with Crippen molar-refractivity contribution in [2.24, 2.45) is 0 Å². The molecule has 26 heavy (non-hydrogen) atoms. The molecule has 0 unspecified atom stereocenters. The second-order valence-corrected chi connectivity index (χ2v) is 6.78. The van der Waals surface area contributed by atoms with Crippen molar-refractivity contribution in [3.05, 3.63) is 52.6 Å². The van der Waals surface area contributed by atoms with Crippen LogP contribution in [-0.2, 0) is 16.1 Å². The number of nitrogens with zero attached hydrogens (tertiary/aromatic N) is 4. The number of aromatic nitrogens is 4. The zero-order valence-electron chi connectivity index (χ0n) is 14.1. The SMILES string of the molecule is Cc1cc(C)nc(SCC(=O)OCc2nc(-c3cccc(Cl)c3)no2)n1. The normalized spacial score (nSPS) is 10.7. The lowest BCUT2D eigenvalue weighted by Gasteiger charge is -2.03. The van der Waals surface area contributed by atoms with Crippen molar-refractivity contribution >= 4 is 29.3 Å². The van der Waals surface area contributed by atoms with E-state index in [1.165, 1.54) is 11.8 Å². The van der Waals surface area contributed by atoms with Gasteiger partial charge in [0.25, 0.3) is 5.89 Å². The maximum Gasteiger partial charge on any atom is 0.316 e. The highest BCUT2D eigenvalue weighted by Crippen LogP contribution is 2.20. The van der Waals surface area contributed by atoms with E-state index in [9.17, 15) is 4.79 Å². The van der Waals surface area contributed by atoms with Crippen molar-refractivity contribution in [1.29, 1.82) is 0 Å². The maximum atomic E-state index is 11.9. The summed E-state index contributed by atoms with van der Waals surface area (Å²) in [5.74, 6) is 0.274. The van der Waals surface area contributed by atoms with Gasteiger partial charge < -0.3 is 9.26 Å². The quantitative estimate of drug-likeness (QED) is 0.358. The fourth-order valence-electron chi connectivity index (χ4n) is 2.12. The van der Waals surface area contributed by atoms with Gasteiger partial charge in [0.1, 0.15) is 0 Å². The summed E-state index contributed by atoms with van der Waals surface area (Å²) >= 11 is 7.16. The predicted molar refractivity (Wildman–Crippen MR) is 96.8 cm³/mol. The molecule has 0 atom stereocenters. The van der Waals surface area contributed by atoms with E-state index in [0.717, 1.165) is 17.0 Å². The first-order chi connectivity index (χ1) is 12.5. The number of hydrogen-bond acceptors (Lipinski definition) is 8. The molecule has 0 amide bonds. The van der Waals surface area contributed by atoms with Crippen LogP contribution in [0.4, 0.5) is 0 Å². The Hall–Kier alpha value is -2.45. The smallest absolute Gasteiger partial charge is 0.316 e. The van der Waals surface area contributed by atoms with Crippen molar-refractivity contribution in [3.63, 3.8) is 0 Å². The van der Waals surface area contributed by atoms with E-state index in [4.69, 9.17) is 20.9 Å². The van der Waals surface area contributed by atoms with E-state index in [-0.39, 0.29) is 18.3 Å². The number of esters is 1. The maximum absolute atomic E-state index is 11.9. The van der Waals surface area contributed by atoms with E-state index >= 15 is 0 Å². The van der Waals surface area contributed by atoms with Gasteiger partial charge in [-0.2, -0.15) is 4.98 Å². The average molecular weight is 391 g/mol. The fourth-order valence-corrected chi connectivity index (χ4v) is 3.06. The molecule has 1 aromatic carbocycles. The van der Waals surface area contributed by atoms with Gasteiger partial charge in [0.05, 0.1) is 5.75 Å². The Kier molecular flexibility index (Phi) is 5.85. The number of rotatable bonds is 6. The Balaban J connectivity index is 1.52. The van der Waals surface area contributed by atoms with Gasteiger partial charge in [0, 0.05) is 22.0 Å². The zero-order valence-corrected chi connectivity index (χ0v) is 15.7. The third kappa shape index (κ3) is 5.03. The summed E-state index contributed by atoms with van der Waals surface area (Å²) in [4.78, 5) is 24.6. The number of halogens is 1. The zero-order chi connectivity index (χ0) is 18.5. The highest BCUT2D eigenvalue weighted by molar-refractivity contribution is 7.99. The molecule has 0 saturated carbocycles. The first-order valence-electron chi connectivity index (χ1n) is 7.69. The van der Waals surface area contributed by atoms with Gasteiger partial charge in [0.2, 0.25) is 5.82 Å². The fraction of sp³-hybridized carbons (Fsp3) is 0.235. The van der Waals surface area contributed by atoms with Gasteiger partial charge in [-0.15, -0.1) is 0 Å². The van der Waals surface area contributed by atoms with Crippen molar-refractivity contribution < 1.29 is 14.1 Å². The van der Waals surface area contributed by atoms with Crippen LogP contribution in [0.15, 0.2) is 40.0 Å². The molecule has 2 heterocycles. The molecule has 9 heteroatoms. The van der Waals surface area contributed by atoms with E-state index in [1.807, 2.05) is 26.0 Å². The predicted octanol–water partition coefficient (Wildman–Crippen LogP) is 3.63. The third-order valence-electron chi connectivity index (χ3n) is 3.19. The lowest BCUT2D eigenvalue weighted by molar-refractivity contribution is -0.142. The molecule has 7 nitrogen and oxygen atoms in total. The summed E-state index contributed by atoms with van der Waals surface area (Å²) in [6, 6.07) is 8.95. The van der Waals surface area contributed by atoms with Gasteiger partial charge in [0.15, 0.2) is 11.8 Å². The summed E-state index contributed by atoms with van der Waals surface area (Å²) in [6.07, 6.45) is 0. The van der Waals surface area contributed by atoms with E-state index in [2.05, 4.69) is 20.1 Å². The van der Waals surface area contributed by atoms with Crippen LogP contribution in [0.2, 0.25) is 5.02 Å². The van der Waals surface area contributed by atoms with Crippen molar-refractivity contribution in [2.75, 3.05) is 5.75 Å². The van der Waals surface area contributed by atoms with E-state index < -0.39 is 5.97 Å². The van der Waals surface area contributed by atoms with Crippen LogP contribution in [0, 0.1) is 13.8 Å². The van der Waals surface area contributed by atoms with Gasteiger partial charge in [-0.05, 0) is 32.0 Å². The average Bonchev–Trinajstić information content (AvgIpc) is 3.06. The minimum absolute atomic E-state index is 0.0954. The first kappa shape index (κ1) is 18.3. The first-order valence-corrected chi connectivity index (χ1v) is 9.05. The number of aryl methyl sites for hydroxylation is 2. The summed E-state index contributed by atoms with van der Waals surface area (Å²) in [5, 5.41) is 4.97. The Morgan fingerprint density at radius 1 is 1.19 bits per heavy atom. The second-order valence-electron chi connectivity index (χ2n) is 5.40. The van der Waals surface area contributed by atoms with Crippen LogP contribution < -0.4 is 0 Å². The summed E-state index contributed by atoms with van der Waals surface area (Å²) < 4.78 is 10.2.